The maximum Gasteiger partial charge on any atom is 0.310 e. The average molecular weight is 346 g/mol. The van der Waals surface area contributed by atoms with Gasteiger partial charge in [0, 0.05) is 17.4 Å². The Bertz CT molecular complexity index is 658. The van der Waals surface area contributed by atoms with E-state index in [1.165, 1.54) is 0 Å². The lowest BCUT2D eigenvalue weighted by molar-refractivity contribution is -0.159. The quantitative estimate of drug-likeness (QED) is 0.619. The third-order valence-corrected chi connectivity index (χ3v) is 4.58. The average Bonchev–Trinajstić information content (AvgIpc) is 3.16. The van der Waals surface area contributed by atoms with Crippen molar-refractivity contribution in [2.45, 2.75) is 52.1 Å². The van der Waals surface area contributed by atoms with E-state index in [2.05, 4.69) is 0 Å². The topological polar surface area (TPSA) is 61.8 Å². The van der Waals surface area contributed by atoms with E-state index >= 15 is 0 Å². The van der Waals surface area contributed by atoms with Gasteiger partial charge in [0.25, 0.3) is 0 Å². The Morgan fingerprint density at radius 3 is 2.28 bits per heavy atom. The molecule has 0 unspecified atom stereocenters. The molecule has 0 spiro atoms. The van der Waals surface area contributed by atoms with Crippen LogP contribution >= 0.6 is 0 Å². The molecule has 1 saturated carbocycles. The van der Waals surface area contributed by atoms with Crippen molar-refractivity contribution in [3.05, 3.63) is 35.9 Å². The lowest BCUT2D eigenvalue weighted by Gasteiger charge is -2.20. The predicted octanol–water partition coefficient (Wildman–Crippen LogP) is 3.22. The number of ether oxygens (including phenoxy) is 3. The third kappa shape index (κ3) is 3.93. The summed E-state index contributed by atoms with van der Waals surface area (Å²) in [6.07, 6.45) is -0.273. The summed E-state index contributed by atoms with van der Waals surface area (Å²) in [7, 11) is 0. The van der Waals surface area contributed by atoms with Crippen LogP contribution in [0.4, 0.5) is 0 Å². The zero-order chi connectivity index (χ0) is 18.4. The standard InChI is InChI=1S/C20H26O5/c1-19(2,3)25-18(22)16-14(13-11-23-20(4,5)24-13)15(16)17(21)12-9-7-6-8-10-12/h6-10,13-16H,11H2,1-5H3/t13-,14+,15+,16-/m0/s1. The summed E-state index contributed by atoms with van der Waals surface area (Å²) >= 11 is 0. The number of Topliss-reactive ketones (excluding diaryl/α,β-unsaturated/α-hetero) is 1. The maximum absolute atomic E-state index is 12.9. The predicted molar refractivity (Wildman–Crippen MR) is 92.0 cm³/mol. The maximum atomic E-state index is 12.9. The Morgan fingerprint density at radius 2 is 1.76 bits per heavy atom. The SMILES string of the molecule is CC(C)(C)OC(=O)[C@@H]1[C@H](C(=O)c2ccccc2)[C@H]1[C@@H]1COC(C)(C)O1. The number of esters is 1. The number of hydrogen-bond acceptors (Lipinski definition) is 5. The van der Waals surface area contributed by atoms with Crippen molar-refractivity contribution < 1.29 is 23.8 Å². The van der Waals surface area contributed by atoms with Gasteiger partial charge in [-0.25, -0.2) is 0 Å². The molecule has 0 bridgehead atoms. The summed E-state index contributed by atoms with van der Waals surface area (Å²) < 4.78 is 17.1. The highest BCUT2D eigenvalue weighted by atomic mass is 16.7. The first-order chi connectivity index (χ1) is 11.6. The van der Waals surface area contributed by atoms with E-state index in [-0.39, 0.29) is 23.8 Å². The molecule has 1 aliphatic heterocycles. The Morgan fingerprint density at radius 1 is 1.12 bits per heavy atom. The van der Waals surface area contributed by atoms with Crippen molar-refractivity contribution in [1.82, 2.24) is 0 Å². The second kappa shape index (κ2) is 6.22. The highest BCUT2D eigenvalue weighted by Crippen LogP contribution is 2.54. The molecule has 0 amide bonds. The van der Waals surface area contributed by atoms with Gasteiger partial charge in [-0.05, 0) is 34.6 Å². The molecule has 1 aliphatic carbocycles. The van der Waals surface area contributed by atoms with E-state index in [0.29, 0.717) is 12.2 Å². The Hall–Kier alpha value is -1.72. The molecule has 5 nitrogen and oxygen atoms in total. The summed E-state index contributed by atoms with van der Waals surface area (Å²) in [6.45, 7) is 9.55. The molecule has 5 heteroatoms. The van der Waals surface area contributed by atoms with Crippen LogP contribution in [-0.2, 0) is 19.0 Å². The molecule has 1 saturated heterocycles. The van der Waals surface area contributed by atoms with Gasteiger partial charge in [-0.1, -0.05) is 30.3 Å². The summed E-state index contributed by atoms with van der Waals surface area (Å²) in [5, 5.41) is 0. The first kappa shape index (κ1) is 18.1. The van der Waals surface area contributed by atoms with Crippen LogP contribution in [0.15, 0.2) is 30.3 Å². The smallest absolute Gasteiger partial charge is 0.310 e. The van der Waals surface area contributed by atoms with E-state index in [1.807, 2.05) is 52.8 Å². The molecule has 0 aromatic heterocycles. The number of rotatable bonds is 4. The second-order valence-corrected chi connectivity index (χ2v) is 8.26. The summed E-state index contributed by atoms with van der Waals surface area (Å²) in [5.41, 5.74) is 0.0263. The molecule has 25 heavy (non-hydrogen) atoms. The number of carbonyl (C=O) groups is 2. The second-order valence-electron chi connectivity index (χ2n) is 8.26. The molecule has 3 rings (SSSR count). The zero-order valence-electron chi connectivity index (χ0n) is 15.4. The monoisotopic (exact) mass is 346 g/mol. The number of benzene rings is 1. The molecule has 2 fully saturated rings. The normalized spacial score (nSPS) is 30.8. The van der Waals surface area contributed by atoms with Gasteiger partial charge in [0.2, 0.25) is 0 Å². The van der Waals surface area contributed by atoms with Gasteiger partial charge >= 0.3 is 5.97 Å². The van der Waals surface area contributed by atoms with Gasteiger partial charge in [0.1, 0.15) is 5.60 Å². The first-order valence-corrected chi connectivity index (χ1v) is 8.73. The van der Waals surface area contributed by atoms with Crippen LogP contribution in [0.2, 0.25) is 0 Å². The van der Waals surface area contributed by atoms with E-state index in [9.17, 15) is 9.59 Å². The van der Waals surface area contributed by atoms with E-state index in [1.54, 1.807) is 12.1 Å². The number of hydrogen-bond donors (Lipinski definition) is 0. The van der Waals surface area contributed by atoms with Gasteiger partial charge in [-0.15, -0.1) is 0 Å². The van der Waals surface area contributed by atoms with E-state index in [4.69, 9.17) is 14.2 Å². The van der Waals surface area contributed by atoms with Crippen LogP contribution < -0.4 is 0 Å². The molecule has 1 aromatic carbocycles. The minimum atomic E-state index is -0.688. The Balaban J connectivity index is 1.81. The molecular formula is C20H26O5. The summed E-state index contributed by atoms with van der Waals surface area (Å²) in [4.78, 5) is 25.5. The Labute approximate surface area is 148 Å². The molecular weight excluding hydrogens is 320 g/mol. The lowest BCUT2D eigenvalue weighted by Crippen LogP contribution is -2.27. The number of ketones is 1. The van der Waals surface area contributed by atoms with E-state index in [0.717, 1.165) is 0 Å². The van der Waals surface area contributed by atoms with Gasteiger partial charge in [0.15, 0.2) is 11.6 Å². The van der Waals surface area contributed by atoms with Crippen LogP contribution in [-0.4, -0.2) is 35.9 Å². The van der Waals surface area contributed by atoms with Crippen LogP contribution in [0.25, 0.3) is 0 Å². The van der Waals surface area contributed by atoms with Crippen molar-refractivity contribution in [3.63, 3.8) is 0 Å². The minimum absolute atomic E-state index is 0.0326. The highest BCUT2D eigenvalue weighted by molar-refractivity contribution is 6.03. The molecule has 4 atom stereocenters. The number of carbonyl (C=O) groups excluding carboxylic acids is 2. The van der Waals surface area contributed by atoms with Crippen LogP contribution in [0.5, 0.6) is 0 Å². The van der Waals surface area contributed by atoms with E-state index < -0.39 is 23.2 Å². The zero-order valence-corrected chi connectivity index (χ0v) is 15.4. The summed E-state index contributed by atoms with van der Waals surface area (Å²) in [5.74, 6) is -2.15. The van der Waals surface area contributed by atoms with Crippen molar-refractivity contribution in [2.75, 3.05) is 6.61 Å². The van der Waals surface area contributed by atoms with Crippen molar-refractivity contribution >= 4 is 11.8 Å². The van der Waals surface area contributed by atoms with Crippen LogP contribution in [0.3, 0.4) is 0 Å². The molecule has 0 N–H and O–H groups in total. The van der Waals surface area contributed by atoms with Gasteiger partial charge < -0.3 is 14.2 Å². The fraction of sp³-hybridized carbons (Fsp3) is 0.600. The molecule has 1 aromatic rings. The third-order valence-electron chi connectivity index (χ3n) is 4.58. The van der Waals surface area contributed by atoms with Crippen molar-refractivity contribution in [1.29, 1.82) is 0 Å². The van der Waals surface area contributed by atoms with Gasteiger partial charge in [-0.2, -0.15) is 0 Å². The van der Waals surface area contributed by atoms with Crippen molar-refractivity contribution in [3.8, 4) is 0 Å². The Kier molecular flexibility index (Phi) is 4.50. The fourth-order valence-electron chi connectivity index (χ4n) is 3.51. The van der Waals surface area contributed by atoms with Crippen molar-refractivity contribution in [2.24, 2.45) is 17.8 Å². The molecule has 2 aliphatic rings. The van der Waals surface area contributed by atoms with Gasteiger partial charge in [0.05, 0.1) is 18.6 Å². The molecule has 0 radical (unpaired) electrons. The molecule has 136 valence electrons. The van der Waals surface area contributed by atoms with Crippen LogP contribution in [0, 0.1) is 17.8 Å². The van der Waals surface area contributed by atoms with Gasteiger partial charge in [-0.3, -0.25) is 9.59 Å². The van der Waals surface area contributed by atoms with Crippen LogP contribution in [0.1, 0.15) is 45.0 Å². The lowest BCUT2D eigenvalue weighted by atomic mass is 10.0. The minimum Gasteiger partial charge on any atom is -0.460 e. The first-order valence-electron chi connectivity index (χ1n) is 8.73. The largest absolute Gasteiger partial charge is 0.460 e. The highest BCUT2D eigenvalue weighted by Gasteiger charge is 2.65. The fourth-order valence-corrected chi connectivity index (χ4v) is 3.51. The summed E-state index contributed by atoms with van der Waals surface area (Å²) in [6, 6.07) is 9.07. The molecule has 1 heterocycles.